The van der Waals surface area contributed by atoms with Crippen LogP contribution in [0, 0.1) is 0 Å². The zero-order valence-corrected chi connectivity index (χ0v) is 7.01. The van der Waals surface area contributed by atoms with Gasteiger partial charge in [0.2, 0.25) is 0 Å². The third kappa shape index (κ3) is 3.33. The first-order valence-corrected chi connectivity index (χ1v) is 3.85. The van der Waals surface area contributed by atoms with Crippen LogP contribution in [0.5, 0.6) is 11.5 Å². The summed E-state index contributed by atoms with van der Waals surface area (Å²) < 4.78 is 0. The number of para-hydroxylation sites is 2. The number of aromatic amines is 1. The molecule has 3 N–H and O–H groups in total. The molecule has 0 radical (unpaired) electrons. The van der Waals surface area contributed by atoms with E-state index in [1.165, 1.54) is 12.1 Å². The maximum atomic E-state index is 8.67. The monoisotopic (exact) mass is 177 g/mol. The standard InChI is InChI=1S/C6H6O2.C4H5N/c7-5-3-1-2-4-6(5)8;1-2-4-5-3-1/h1-4,7-8H;1-5H. The van der Waals surface area contributed by atoms with Gasteiger partial charge in [0, 0.05) is 12.4 Å². The van der Waals surface area contributed by atoms with Crippen molar-refractivity contribution in [2.24, 2.45) is 0 Å². The van der Waals surface area contributed by atoms with Crippen LogP contribution in [0.25, 0.3) is 0 Å². The molecule has 3 heteroatoms. The van der Waals surface area contributed by atoms with Gasteiger partial charge in [-0.1, -0.05) is 12.1 Å². The van der Waals surface area contributed by atoms with Crippen molar-refractivity contribution >= 4 is 0 Å². The summed E-state index contributed by atoms with van der Waals surface area (Å²) in [6.45, 7) is 0. The Labute approximate surface area is 76.3 Å². The molecule has 1 aromatic carbocycles. The largest absolute Gasteiger partial charge is 0.504 e. The zero-order valence-electron chi connectivity index (χ0n) is 7.01. The predicted octanol–water partition coefficient (Wildman–Crippen LogP) is 2.11. The van der Waals surface area contributed by atoms with Crippen LogP contribution in [0.1, 0.15) is 0 Å². The molecule has 0 aliphatic carbocycles. The van der Waals surface area contributed by atoms with Crippen LogP contribution in [0.15, 0.2) is 48.8 Å². The van der Waals surface area contributed by atoms with Crippen LogP contribution in [0.4, 0.5) is 0 Å². The lowest BCUT2D eigenvalue weighted by Gasteiger charge is -1.91. The van der Waals surface area contributed by atoms with Gasteiger partial charge in [-0.3, -0.25) is 0 Å². The Balaban J connectivity index is 0.000000145. The molecule has 1 aromatic heterocycles. The number of hydrogen-bond acceptors (Lipinski definition) is 2. The molecule has 68 valence electrons. The number of hydrogen-bond donors (Lipinski definition) is 3. The number of nitrogens with one attached hydrogen (secondary N) is 1. The van der Waals surface area contributed by atoms with Crippen molar-refractivity contribution < 1.29 is 10.2 Å². The number of phenolic OH excluding ortho intramolecular Hbond substituents is 2. The van der Waals surface area contributed by atoms with Crippen molar-refractivity contribution in [3.8, 4) is 11.5 Å². The van der Waals surface area contributed by atoms with Gasteiger partial charge in [0.1, 0.15) is 0 Å². The Bertz CT molecular complexity index is 292. The Morgan fingerprint density at radius 1 is 0.769 bits per heavy atom. The summed E-state index contributed by atoms with van der Waals surface area (Å²) in [5.74, 6) is -0.153. The van der Waals surface area contributed by atoms with E-state index in [4.69, 9.17) is 10.2 Å². The minimum Gasteiger partial charge on any atom is -0.504 e. The van der Waals surface area contributed by atoms with Crippen molar-refractivity contribution in [3.63, 3.8) is 0 Å². The van der Waals surface area contributed by atoms with E-state index in [1.54, 1.807) is 12.1 Å². The molecule has 0 aliphatic rings. The maximum absolute atomic E-state index is 8.67. The van der Waals surface area contributed by atoms with Crippen molar-refractivity contribution in [2.45, 2.75) is 0 Å². The summed E-state index contributed by atoms with van der Waals surface area (Å²) in [4.78, 5) is 2.86. The molecular weight excluding hydrogens is 166 g/mol. The molecule has 0 unspecified atom stereocenters. The first-order valence-electron chi connectivity index (χ1n) is 3.85. The summed E-state index contributed by atoms with van der Waals surface area (Å²) in [7, 11) is 0. The summed E-state index contributed by atoms with van der Waals surface area (Å²) >= 11 is 0. The van der Waals surface area contributed by atoms with Crippen LogP contribution in [0.3, 0.4) is 0 Å². The van der Waals surface area contributed by atoms with Crippen LogP contribution in [0.2, 0.25) is 0 Å². The lowest BCUT2D eigenvalue weighted by Crippen LogP contribution is -1.63. The van der Waals surface area contributed by atoms with Gasteiger partial charge in [-0.2, -0.15) is 0 Å². The molecule has 0 amide bonds. The number of rotatable bonds is 0. The minimum absolute atomic E-state index is 0.0764. The van der Waals surface area contributed by atoms with E-state index in [-0.39, 0.29) is 11.5 Å². The highest BCUT2D eigenvalue weighted by Crippen LogP contribution is 2.21. The van der Waals surface area contributed by atoms with Gasteiger partial charge in [0.15, 0.2) is 11.5 Å². The molecular formula is C10H11NO2. The van der Waals surface area contributed by atoms with E-state index < -0.39 is 0 Å². The number of phenols is 2. The first kappa shape index (κ1) is 9.19. The van der Waals surface area contributed by atoms with Gasteiger partial charge in [-0.15, -0.1) is 0 Å². The van der Waals surface area contributed by atoms with Crippen molar-refractivity contribution in [1.82, 2.24) is 4.98 Å². The molecule has 0 saturated carbocycles. The number of aromatic nitrogens is 1. The van der Waals surface area contributed by atoms with Gasteiger partial charge in [0.25, 0.3) is 0 Å². The highest BCUT2D eigenvalue weighted by atomic mass is 16.3. The van der Waals surface area contributed by atoms with E-state index in [2.05, 4.69) is 4.98 Å². The van der Waals surface area contributed by atoms with Gasteiger partial charge in [-0.05, 0) is 24.3 Å². The van der Waals surface area contributed by atoms with Gasteiger partial charge < -0.3 is 15.2 Å². The Morgan fingerprint density at radius 3 is 1.46 bits per heavy atom. The Kier molecular flexibility index (Phi) is 3.45. The van der Waals surface area contributed by atoms with Gasteiger partial charge in [-0.25, -0.2) is 0 Å². The second kappa shape index (κ2) is 4.87. The van der Waals surface area contributed by atoms with Gasteiger partial charge in [0.05, 0.1) is 0 Å². The highest BCUT2D eigenvalue weighted by molar-refractivity contribution is 5.36. The van der Waals surface area contributed by atoms with Crippen molar-refractivity contribution in [3.05, 3.63) is 48.8 Å². The smallest absolute Gasteiger partial charge is 0.157 e. The third-order valence-electron chi connectivity index (χ3n) is 1.38. The number of benzene rings is 1. The minimum atomic E-state index is -0.0764. The summed E-state index contributed by atoms with van der Waals surface area (Å²) in [5.41, 5.74) is 0. The van der Waals surface area contributed by atoms with Gasteiger partial charge >= 0.3 is 0 Å². The van der Waals surface area contributed by atoms with E-state index >= 15 is 0 Å². The van der Waals surface area contributed by atoms with Crippen molar-refractivity contribution in [1.29, 1.82) is 0 Å². The Hall–Kier alpha value is -1.90. The molecule has 2 rings (SSSR count). The highest BCUT2D eigenvalue weighted by Gasteiger charge is 1.90. The van der Waals surface area contributed by atoms with E-state index in [0.717, 1.165) is 0 Å². The van der Waals surface area contributed by atoms with Crippen LogP contribution in [-0.4, -0.2) is 15.2 Å². The Morgan fingerprint density at radius 2 is 1.23 bits per heavy atom. The zero-order chi connectivity index (χ0) is 9.52. The summed E-state index contributed by atoms with van der Waals surface area (Å²) in [5, 5.41) is 17.3. The fourth-order valence-corrected chi connectivity index (χ4v) is 0.742. The lowest BCUT2D eigenvalue weighted by molar-refractivity contribution is 0.404. The molecule has 3 nitrogen and oxygen atoms in total. The fraction of sp³-hybridized carbons (Fsp3) is 0. The van der Waals surface area contributed by atoms with Crippen molar-refractivity contribution in [2.75, 3.05) is 0 Å². The number of aromatic hydroxyl groups is 2. The maximum Gasteiger partial charge on any atom is 0.157 e. The molecule has 0 saturated heterocycles. The third-order valence-corrected chi connectivity index (χ3v) is 1.38. The molecule has 0 atom stereocenters. The van der Waals surface area contributed by atoms with Crippen LogP contribution >= 0.6 is 0 Å². The first-order chi connectivity index (χ1) is 6.30. The van der Waals surface area contributed by atoms with Crippen LogP contribution in [-0.2, 0) is 0 Å². The molecule has 0 fully saturated rings. The second-order valence-corrected chi connectivity index (χ2v) is 2.37. The SMILES string of the molecule is Oc1ccccc1O.c1cc[nH]c1. The average molecular weight is 177 g/mol. The lowest BCUT2D eigenvalue weighted by atomic mass is 10.3. The molecule has 2 aromatic rings. The molecule has 0 spiro atoms. The summed E-state index contributed by atoms with van der Waals surface area (Å²) in [6, 6.07) is 10.0. The van der Waals surface area contributed by atoms with E-state index in [1.807, 2.05) is 24.5 Å². The van der Waals surface area contributed by atoms with Crippen LogP contribution < -0.4 is 0 Å². The predicted molar refractivity (Wildman–Crippen MR) is 50.6 cm³/mol. The number of H-pyrrole nitrogens is 1. The topological polar surface area (TPSA) is 56.2 Å². The van der Waals surface area contributed by atoms with E-state index in [0.29, 0.717) is 0 Å². The fourth-order valence-electron chi connectivity index (χ4n) is 0.742. The normalized spacial score (nSPS) is 8.62. The average Bonchev–Trinajstić information content (AvgIpc) is 2.68. The molecule has 0 bridgehead atoms. The molecule has 1 heterocycles. The molecule has 0 aliphatic heterocycles. The quantitative estimate of drug-likeness (QED) is 0.540. The van der Waals surface area contributed by atoms with E-state index in [9.17, 15) is 0 Å². The summed E-state index contributed by atoms with van der Waals surface area (Å²) in [6.07, 6.45) is 3.75. The second-order valence-electron chi connectivity index (χ2n) is 2.37. The molecule has 13 heavy (non-hydrogen) atoms.